The fourth-order valence-corrected chi connectivity index (χ4v) is 4.07. The molecule has 8 heteroatoms. The van der Waals surface area contributed by atoms with E-state index in [4.69, 9.17) is 11.6 Å². The molecule has 1 amide bonds. The Morgan fingerprint density at radius 2 is 2.12 bits per heavy atom. The minimum Gasteiger partial charge on any atom is -0.324 e. The first kappa shape index (κ1) is 18.0. The molecule has 130 valence electrons. The average molecular weight is 393 g/mol. The van der Waals surface area contributed by atoms with Gasteiger partial charge in [-0.15, -0.1) is 21.5 Å². The van der Waals surface area contributed by atoms with E-state index in [0.717, 1.165) is 22.4 Å². The first-order valence-electron chi connectivity index (χ1n) is 7.79. The van der Waals surface area contributed by atoms with Crippen LogP contribution in [-0.4, -0.2) is 25.9 Å². The van der Waals surface area contributed by atoms with Gasteiger partial charge in [0.05, 0.1) is 20.8 Å². The van der Waals surface area contributed by atoms with Crippen LogP contribution in [0, 0.1) is 0 Å². The van der Waals surface area contributed by atoms with Crippen LogP contribution in [0.25, 0.3) is 10.7 Å². The van der Waals surface area contributed by atoms with E-state index in [2.05, 4.69) is 15.5 Å². The van der Waals surface area contributed by atoms with E-state index < -0.39 is 0 Å². The second kappa shape index (κ2) is 8.03. The number of para-hydroxylation sites is 1. The van der Waals surface area contributed by atoms with Crippen LogP contribution in [0.1, 0.15) is 13.8 Å². The van der Waals surface area contributed by atoms with E-state index in [1.54, 1.807) is 23.5 Å². The van der Waals surface area contributed by atoms with Crippen molar-refractivity contribution in [3.63, 3.8) is 0 Å². The normalized spacial score (nSPS) is 12.1. The van der Waals surface area contributed by atoms with Crippen molar-refractivity contribution >= 4 is 46.3 Å². The number of nitrogens with zero attached hydrogens (tertiary/aromatic N) is 3. The number of halogens is 1. The fraction of sp³-hybridized carbons (Fsp3) is 0.235. The number of carbonyl (C=O) groups excluding carboxylic acids is 1. The summed E-state index contributed by atoms with van der Waals surface area (Å²) in [6, 6.07) is 11.2. The summed E-state index contributed by atoms with van der Waals surface area (Å²) in [6.07, 6.45) is 0. The molecule has 0 aliphatic rings. The monoisotopic (exact) mass is 392 g/mol. The van der Waals surface area contributed by atoms with E-state index in [1.807, 2.05) is 48.1 Å². The molecule has 3 aromatic rings. The van der Waals surface area contributed by atoms with E-state index in [1.165, 1.54) is 11.8 Å². The van der Waals surface area contributed by atoms with Crippen LogP contribution in [0.15, 0.2) is 46.9 Å². The summed E-state index contributed by atoms with van der Waals surface area (Å²) in [7, 11) is 0. The number of benzene rings is 1. The number of anilines is 1. The van der Waals surface area contributed by atoms with Crippen LogP contribution in [0.2, 0.25) is 5.02 Å². The first-order chi connectivity index (χ1) is 12.1. The number of aromatic nitrogens is 3. The lowest BCUT2D eigenvalue weighted by Gasteiger charge is -2.13. The topological polar surface area (TPSA) is 59.8 Å². The van der Waals surface area contributed by atoms with Gasteiger partial charge in [-0.3, -0.25) is 4.79 Å². The van der Waals surface area contributed by atoms with Gasteiger partial charge >= 0.3 is 0 Å². The van der Waals surface area contributed by atoms with Gasteiger partial charge in [-0.05, 0) is 37.4 Å². The Kier molecular flexibility index (Phi) is 5.78. The summed E-state index contributed by atoms with van der Waals surface area (Å²) in [5, 5.41) is 14.3. The lowest BCUT2D eigenvalue weighted by Crippen LogP contribution is -2.23. The smallest absolute Gasteiger partial charge is 0.237 e. The zero-order valence-corrected chi connectivity index (χ0v) is 16.2. The average Bonchev–Trinajstić information content (AvgIpc) is 3.25. The van der Waals surface area contributed by atoms with Crippen LogP contribution < -0.4 is 5.32 Å². The summed E-state index contributed by atoms with van der Waals surface area (Å²) >= 11 is 9.10. The zero-order chi connectivity index (χ0) is 17.8. The molecule has 0 aliphatic carbocycles. The minimum absolute atomic E-state index is 0.124. The van der Waals surface area contributed by atoms with Crippen LogP contribution >= 0.6 is 34.7 Å². The predicted octanol–water partition coefficient (Wildman–Crippen LogP) is 4.80. The van der Waals surface area contributed by atoms with Gasteiger partial charge in [0.1, 0.15) is 0 Å². The maximum atomic E-state index is 12.5. The van der Waals surface area contributed by atoms with Crippen LogP contribution in [0.3, 0.4) is 0 Å². The van der Waals surface area contributed by atoms with E-state index in [9.17, 15) is 4.79 Å². The fourth-order valence-electron chi connectivity index (χ4n) is 2.26. The van der Waals surface area contributed by atoms with Crippen molar-refractivity contribution in [2.24, 2.45) is 0 Å². The molecule has 2 heterocycles. The molecule has 0 unspecified atom stereocenters. The van der Waals surface area contributed by atoms with Gasteiger partial charge in [0.15, 0.2) is 11.0 Å². The Morgan fingerprint density at radius 1 is 1.32 bits per heavy atom. The number of amides is 1. The molecule has 1 aromatic carbocycles. The number of thioether (sulfide) groups is 1. The summed E-state index contributed by atoms with van der Waals surface area (Å²) < 4.78 is 2.02. The second-order valence-corrected chi connectivity index (χ2v) is 7.92. The minimum atomic E-state index is -0.332. The first-order valence-corrected chi connectivity index (χ1v) is 9.93. The standard InChI is InChI=1S/C17H17ClN4OS2/c1-3-22-15(14-9-6-10-24-14)20-21-17(22)25-11(2)16(23)19-13-8-5-4-7-12(13)18/h4-11H,3H2,1-2H3,(H,19,23)/t11-/m0/s1. The van der Waals surface area contributed by atoms with Crippen molar-refractivity contribution in [3.8, 4) is 10.7 Å². The zero-order valence-electron chi connectivity index (χ0n) is 13.8. The summed E-state index contributed by atoms with van der Waals surface area (Å²) in [6.45, 7) is 4.62. The van der Waals surface area contributed by atoms with Crippen molar-refractivity contribution in [1.29, 1.82) is 0 Å². The number of thiophene rings is 1. The number of nitrogens with one attached hydrogen (secondary N) is 1. The number of carbonyl (C=O) groups is 1. The highest BCUT2D eigenvalue weighted by molar-refractivity contribution is 8.00. The molecule has 3 rings (SSSR count). The molecular weight excluding hydrogens is 376 g/mol. The van der Waals surface area contributed by atoms with Gasteiger partial charge in [-0.1, -0.05) is 41.6 Å². The van der Waals surface area contributed by atoms with Crippen molar-refractivity contribution in [2.45, 2.75) is 30.8 Å². The lowest BCUT2D eigenvalue weighted by atomic mass is 10.3. The van der Waals surface area contributed by atoms with E-state index >= 15 is 0 Å². The molecule has 5 nitrogen and oxygen atoms in total. The Hall–Kier alpha value is -1.83. The van der Waals surface area contributed by atoms with Crippen molar-refractivity contribution < 1.29 is 4.79 Å². The predicted molar refractivity (Wildman–Crippen MR) is 104 cm³/mol. The van der Waals surface area contributed by atoms with Crippen LogP contribution in [-0.2, 0) is 11.3 Å². The molecule has 0 saturated carbocycles. The molecule has 0 spiro atoms. The molecular formula is C17H17ClN4OS2. The highest BCUT2D eigenvalue weighted by Crippen LogP contribution is 2.30. The van der Waals surface area contributed by atoms with Gasteiger partial charge in [-0.25, -0.2) is 0 Å². The Balaban J connectivity index is 1.74. The quantitative estimate of drug-likeness (QED) is 0.612. The number of hydrogen-bond acceptors (Lipinski definition) is 5. The summed E-state index contributed by atoms with van der Waals surface area (Å²) in [5.41, 5.74) is 0.609. The molecule has 0 bridgehead atoms. The number of rotatable bonds is 6. The Morgan fingerprint density at radius 3 is 2.80 bits per heavy atom. The van der Waals surface area contributed by atoms with Gasteiger partial charge in [0, 0.05) is 6.54 Å². The third-order valence-electron chi connectivity index (χ3n) is 3.56. The Bertz CT molecular complexity index is 863. The maximum Gasteiger partial charge on any atom is 0.237 e. The molecule has 0 fully saturated rings. The largest absolute Gasteiger partial charge is 0.324 e. The van der Waals surface area contributed by atoms with Crippen molar-refractivity contribution in [1.82, 2.24) is 14.8 Å². The van der Waals surface area contributed by atoms with E-state index in [-0.39, 0.29) is 11.2 Å². The van der Waals surface area contributed by atoms with Crippen molar-refractivity contribution in [2.75, 3.05) is 5.32 Å². The van der Waals surface area contributed by atoms with Crippen molar-refractivity contribution in [3.05, 3.63) is 46.8 Å². The molecule has 1 N–H and O–H groups in total. The molecule has 2 aromatic heterocycles. The second-order valence-electron chi connectivity index (χ2n) is 5.26. The molecule has 0 radical (unpaired) electrons. The summed E-state index contributed by atoms with van der Waals surface area (Å²) in [5.74, 6) is 0.708. The molecule has 1 atom stereocenters. The highest BCUT2D eigenvalue weighted by Gasteiger charge is 2.21. The van der Waals surface area contributed by atoms with E-state index in [0.29, 0.717) is 10.7 Å². The van der Waals surface area contributed by atoms with Gasteiger partial charge in [-0.2, -0.15) is 0 Å². The molecule has 0 aliphatic heterocycles. The van der Waals surface area contributed by atoms with Gasteiger partial charge < -0.3 is 9.88 Å². The SMILES string of the molecule is CCn1c(S[C@@H](C)C(=O)Nc2ccccc2Cl)nnc1-c1cccs1. The summed E-state index contributed by atoms with van der Waals surface area (Å²) in [4.78, 5) is 13.5. The molecule has 0 saturated heterocycles. The lowest BCUT2D eigenvalue weighted by molar-refractivity contribution is -0.115. The third kappa shape index (κ3) is 4.05. The van der Waals surface area contributed by atoms with Crippen LogP contribution in [0.4, 0.5) is 5.69 Å². The maximum absolute atomic E-state index is 12.5. The highest BCUT2D eigenvalue weighted by atomic mass is 35.5. The molecule has 25 heavy (non-hydrogen) atoms. The van der Waals surface area contributed by atoms with Gasteiger partial charge in [0.2, 0.25) is 5.91 Å². The van der Waals surface area contributed by atoms with Gasteiger partial charge in [0.25, 0.3) is 0 Å². The Labute approximate surface area is 159 Å². The number of hydrogen-bond donors (Lipinski definition) is 1. The van der Waals surface area contributed by atoms with Crippen LogP contribution in [0.5, 0.6) is 0 Å². The third-order valence-corrected chi connectivity index (χ3v) is 5.83.